The van der Waals surface area contributed by atoms with E-state index in [1.165, 1.54) is 7.11 Å². The molecule has 2 unspecified atom stereocenters. The summed E-state index contributed by atoms with van der Waals surface area (Å²) in [6, 6.07) is 0. The smallest absolute Gasteiger partial charge is 0.308 e. The number of rotatable bonds is 10. The molecule has 0 radical (unpaired) electrons. The van der Waals surface area contributed by atoms with Gasteiger partial charge in [0.05, 0.1) is 66.5 Å². The standard InChI is InChI=1S/C36H62O11/c1-10-34(31-20(3)16-26(43-31)28-19(2)15-21(4)36(41,18-37)46-28)12-11-27(44-34)33(8)13-14-35(47-33)17-25(38)22(5)30(45-35)23(6)29(42-9)24(7)32(39)40/h19-31,37-38,41H,10-18H2,1-9H3,(H,39,40)/t19-,20-,21+,22+,23-,24+,25-,26+,27+,28-,29-,30-,31+,33?,34-,35?,36-/m0/s1. The molecule has 0 bridgehead atoms. The summed E-state index contributed by atoms with van der Waals surface area (Å²) in [6.07, 6.45) is 2.99. The molecule has 0 aliphatic carbocycles. The van der Waals surface area contributed by atoms with Crippen molar-refractivity contribution in [2.24, 2.45) is 35.5 Å². The van der Waals surface area contributed by atoms with Gasteiger partial charge in [0, 0.05) is 37.7 Å². The Morgan fingerprint density at radius 3 is 2.34 bits per heavy atom. The normalized spacial score (nSPS) is 50.9. The molecule has 5 fully saturated rings. The molecule has 5 rings (SSSR count). The summed E-state index contributed by atoms with van der Waals surface area (Å²) in [6.45, 7) is 15.6. The average molecular weight is 671 g/mol. The number of aliphatic hydroxyl groups excluding tert-OH is 2. The zero-order valence-electron chi connectivity index (χ0n) is 30.0. The van der Waals surface area contributed by atoms with Crippen LogP contribution in [-0.2, 0) is 33.2 Å². The van der Waals surface area contributed by atoms with Gasteiger partial charge in [0.1, 0.15) is 0 Å². The number of carbonyl (C=O) groups is 1. The molecule has 5 heterocycles. The third-order valence-corrected chi connectivity index (χ3v) is 13.0. The molecule has 0 amide bonds. The summed E-state index contributed by atoms with van der Waals surface area (Å²) in [5, 5.41) is 41.8. The van der Waals surface area contributed by atoms with Gasteiger partial charge in [0.15, 0.2) is 11.6 Å². The third kappa shape index (κ3) is 6.67. The van der Waals surface area contributed by atoms with E-state index in [1.54, 1.807) is 6.92 Å². The molecule has 11 nitrogen and oxygen atoms in total. The fourth-order valence-electron chi connectivity index (χ4n) is 9.91. The van der Waals surface area contributed by atoms with Crippen molar-refractivity contribution < 1.29 is 53.6 Å². The van der Waals surface area contributed by atoms with Crippen molar-refractivity contribution in [2.75, 3.05) is 13.7 Å². The van der Waals surface area contributed by atoms with Crippen LogP contribution in [0.3, 0.4) is 0 Å². The van der Waals surface area contributed by atoms with E-state index in [-0.39, 0.29) is 54.0 Å². The summed E-state index contributed by atoms with van der Waals surface area (Å²) >= 11 is 0. The maximum atomic E-state index is 11.8. The molecule has 17 atom stereocenters. The Hall–Kier alpha value is -0.890. The van der Waals surface area contributed by atoms with Crippen LogP contribution in [-0.4, -0.2) is 106 Å². The lowest BCUT2D eigenvalue weighted by Gasteiger charge is -2.49. The van der Waals surface area contributed by atoms with Gasteiger partial charge in [-0.05, 0) is 64.2 Å². The number of ether oxygens (including phenoxy) is 6. The monoisotopic (exact) mass is 670 g/mol. The Kier molecular flexibility index (Phi) is 10.9. The van der Waals surface area contributed by atoms with Gasteiger partial charge in [-0.1, -0.05) is 41.5 Å². The topological polar surface area (TPSA) is 153 Å². The maximum Gasteiger partial charge on any atom is 0.308 e. The Morgan fingerprint density at radius 2 is 1.72 bits per heavy atom. The van der Waals surface area contributed by atoms with Crippen molar-refractivity contribution in [3.05, 3.63) is 0 Å². The van der Waals surface area contributed by atoms with Crippen LogP contribution in [0, 0.1) is 35.5 Å². The first-order chi connectivity index (χ1) is 22.0. The van der Waals surface area contributed by atoms with Crippen LogP contribution >= 0.6 is 0 Å². The molecule has 5 aliphatic heterocycles. The second kappa shape index (κ2) is 13.7. The predicted octanol–water partition coefficient (Wildman–Crippen LogP) is 4.27. The first-order valence-electron chi connectivity index (χ1n) is 18.1. The van der Waals surface area contributed by atoms with Gasteiger partial charge in [-0.3, -0.25) is 4.79 Å². The number of hydrogen-bond donors (Lipinski definition) is 4. The fraction of sp³-hybridized carbons (Fsp3) is 0.972. The molecule has 11 heteroatoms. The molecule has 0 aromatic carbocycles. The zero-order valence-corrected chi connectivity index (χ0v) is 30.0. The fourth-order valence-corrected chi connectivity index (χ4v) is 9.91. The Morgan fingerprint density at radius 1 is 1.02 bits per heavy atom. The van der Waals surface area contributed by atoms with Crippen molar-refractivity contribution in [3.8, 4) is 0 Å². The highest BCUT2D eigenvalue weighted by Crippen LogP contribution is 2.55. The largest absolute Gasteiger partial charge is 0.481 e. The first-order valence-corrected chi connectivity index (χ1v) is 18.1. The molecule has 5 aliphatic rings. The minimum absolute atomic E-state index is 0.153. The summed E-state index contributed by atoms with van der Waals surface area (Å²) in [5.74, 6) is -4.52. The van der Waals surface area contributed by atoms with E-state index in [4.69, 9.17) is 28.4 Å². The number of methoxy groups -OCH3 is 1. The van der Waals surface area contributed by atoms with Crippen LogP contribution in [0.1, 0.15) is 107 Å². The molecule has 272 valence electrons. The van der Waals surface area contributed by atoms with Crippen LogP contribution in [0.15, 0.2) is 0 Å². The SMILES string of the molecule is CC[C@@]1([C@@H]2O[C@@H]([C@H]3O[C@@](O)(CO)[C@H](C)C[C@@H]3C)C[C@@H]2C)CC[C@H](C2(C)CCC3(C[C@H](O)[C@@H](C)[C@@H]([C@@H](C)[C@H](OC)[C@@H](C)C(=O)O)O3)O2)O1. The molecule has 5 saturated heterocycles. The molecule has 0 saturated carbocycles. The van der Waals surface area contributed by atoms with E-state index in [9.17, 15) is 25.2 Å². The molecule has 0 aromatic heterocycles. The van der Waals surface area contributed by atoms with Gasteiger partial charge >= 0.3 is 5.97 Å². The highest BCUT2D eigenvalue weighted by atomic mass is 16.7. The van der Waals surface area contributed by atoms with E-state index in [0.717, 1.165) is 32.1 Å². The van der Waals surface area contributed by atoms with Crippen molar-refractivity contribution >= 4 is 5.97 Å². The number of carboxylic acid groups (broad SMARTS) is 1. The summed E-state index contributed by atoms with van der Waals surface area (Å²) in [5.41, 5.74) is -1.15. The second-order valence-corrected chi connectivity index (χ2v) is 16.3. The number of carboxylic acids is 1. The molecular formula is C36H62O11. The molecule has 4 N–H and O–H groups in total. The highest BCUT2D eigenvalue weighted by Gasteiger charge is 2.62. The lowest BCUT2D eigenvalue weighted by molar-refractivity contribution is -0.336. The maximum absolute atomic E-state index is 11.8. The third-order valence-electron chi connectivity index (χ3n) is 13.0. The number of hydrogen-bond acceptors (Lipinski definition) is 10. The molecule has 0 aromatic rings. The predicted molar refractivity (Wildman–Crippen MR) is 172 cm³/mol. The van der Waals surface area contributed by atoms with Crippen LogP contribution in [0.25, 0.3) is 0 Å². The Balaban J connectivity index is 1.29. The van der Waals surface area contributed by atoms with Crippen molar-refractivity contribution in [1.82, 2.24) is 0 Å². The van der Waals surface area contributed by atoms with Crippen LogP contribution < -0.4 is 0 Å². The van der Waals surface area contributed by atoms with E-state index in [0.29, 0.717) is 19.3 Å². The molecule has 47 heavy (non-hydrogen) atoms. The van der Waals surface area contributed by atoms with Crippen LogP contribution in [0.5, 0.6) is 0 Å². The summed E-state index contributed by atoms with van der Waals surface area (Å²) < 4.78 is 39.4. The second-order valence-electron chi connectivity index (χ2n) is 16.3. The Bertz CT molecular complexity index is 1110. The van der Waals surface area contributed by atoms with Crippen LogP contribution in [0.4, 0.5) is 0 Å². The van der Waals surface area contributed by atoms with E-state index < -0.39 is 59.6 Å². The quantitative estimate of drug-likeness (QED) is 0.264. The van der Waals surface area contributed by atoms with E-state index >= 15 is 0 Å². The first kappa shape index (κ1) is 37.4. The van der Waals surface area contributed by atoms with Gasteiger partial charge in [-0.15, -0.1) is 0 Å². The number of aliphatic carboxylic acids is 1. The minimum Gasteiger partial charge on any atom is -0.481 e. The van der Waals surface area contributed by atoms with Crippen molar-refractivity contribution in [1.29, 1.82) is 0 Å². The van der Waals surface area contributed by atoms with Gasteiger partial charge in [0.25, 0.3) is 0 Å². The van der Waals surface area contributed by atoms with Gasteiger partial charge < -0.3 is 48.8 Å². The van der Waals surface area contributed by atoms with Gasteiger partial charge in [-0.25, -0.2) is 0 Å². The Labute approximate surface area is 281 Å². The van der Waals surface area contributed by atoms with Crippen molar-refractivity contribution in [2.45, 2.75) is 172 Å². The number of aliphatic hydroxyl groups is 3. The van der Waals surface area contributed by atoms with Gasteiger partial charge in [-0.2, -0.15) is 0 Å². The minimum atomic E-state index is -1.56. The summed E-state index contributed by atoms with van der Waals surface area (Å²) in [4.78, 5) is 11.8. The van der Waals surface area contributed by atoms with E-state index in [1.807, 2.05) is 20.8 Å². The molecule has 1 spiro atoms. The van der Waals surface area contributed by atoms with Crippen LogP contribution in [0.2, 0.25) is 0 Å². The van der Waals surface area contributed by atoms with E-state index in [2.05, 4.69) is 27.7 Å². The lowest BCUT2D eigenvalue weighted by atomic mass is 9.78. The zero-order chi connectivity index (χ0) is 34.7. The van der Waals surface area contributed by atoms with Gasteiger partial charge in [0.2, 0.25) is 0 Å². The highest BCUT2D eigenvalue weighted by molar-refractivity contribution is 5.70. The summed E-state index contributed by atoms with van der Waals surface area (Å²) in [7, 11) is 1.52. The molecular weight excluding hydrogens is 608 g/mol. The lowest BCUT2D eigenvalue weighted by Crippen LogP contribution is -2.57. The van der Waals surface area contributed by atoms with Crippen molar-refractivity contribution in [3.63, 3.8) is 0 Å². The average Bonchev–Trinajstić information content (AvgIpc) is 3.73.